The van der Waals surface area contributed by atoms with Crippen molar-refractivity contribution >= 4 is 17.5 Å². The zero-order valence-corrected chi connectivity index (χ0v) is 14.0. The van der Waals surface area contributed by atoms with Crippen LogP contribution < -0.4 is 10.2 Å². The first-order valence-electron chi connectivity index (χ1n) is 8.30. The fourth-order valence-electron chi connectivity index (χ4n) is 3.17. The third-order valence-electron chi connectivity index (χ3n) is 4.59. The first-order chi connectivity index (χ1) is 11.6. The molecule has 3 rings (SSSR count). The second-order valence-electron chi connectivity index (χ2n) is 6.26. The highest BCUT2D eigenvalue weighted by atomic mass is 16.2. The van der Waals surface area contributed by atoms with Crippen LogP contribution in [0.3, 0.4) is 0 Å². The van der Waals surface area contributed by atoms with E-state index in [1.54, 1.807) is 4.90 Å². The van der Waals surface area contributed by atoms with E-state index in [0.717, 1.165) is 16.8 Å². The van der Waals surface area contributed by atoms with E-state index >= 15 is 0 Å². The molecule has 1 N–H and O–H groups in total. The largest absolute Gasteiger partial charge is 0.349 e. The molecule has 0 aliphatic carbocycles. The van der Waals surface area contributed by atoms with Gasteiger partial charge in [0.05, 0.1) is 6.04 Å². The second kappa shape index (κ2) is 6.87. The average molecular weight is 322 g/mol. The zero-order valence-electron chi connectivity index (χ0n) is 14.0. The molecular formula is C20H22N2O2. The first kappa shape index (κ1) is 16.2. The molecule has 124 valence electrons. The van der Waals surface area contributed by atoms with E-state index in [4.69, 9.17) is 0 Å². The molecule has 2 amide bonds. The molecule has 0 aromatic heterocycles. The standard InChI is InChI=1S/C20H22N2O2/c1-14-8-6-7-11-18(14)22-13-12-17(20(22)24)19(23)21-15(2)16-9-4-3-5-10-16/h3-11,15,17H,12-13H2,1-2H3,(H,21,23)/t15-,17-/m1/s1. The number of nitrogens with zero attached hydrogens (tertiary/aromatic N) is 1. The number of aryl methyl sites for hydroxylation is 1. The molecule has 2 aromatic carbocycles. The van der Waals surface area contributed by atoms with Crippen molar-refractivity contribution in [1.29, 1.82) is 0 Å². The van der Waals surface area contributed by atoms with Gasteiger partial charge in [0.1, 0.15) is 5.92 Å². The van der Waals surface area contributed by atoms with E-state index in [1.807, 2.05) is 68.4 Å². The van der Waals surface area contributed by atoms with Gasteiger partial charge >= 0.3 is 0 Å². The van der Waals surface area contributed by atoms with Crippen LogP contribution in [0.5, 0.6) is 0 Å². The lowest BCUT2D eigenvalue weighted by Crippen LogP contribution is -2.38. The third-order valence-corrected chi connectivity index (χ3v) is 4.59. The van der Waals surface area contributed by atoms with Gasteiger partial charge < -0.3 is 10.2 Å². The van der Waals surface area contributed by atoms with Gasteiger partial charge in [-0.15, -0.1) is 0 Å². The summed E-state index contributed by atoms with van der Waals surface area (Å²) in [6.45, 7) is 4.50. The van der Waals surface area contributed by atoms with Crippen LogP contribution in [-0.4, -0.2) is 18.4 Å². The molecule has 0 bridgehead atoms. The minimum atomic E-state index is -0.601. The quantitative estimate of drug-likeness (QED) is 0.879. The maximum absolute atomic E-state index is 12.7. The van der Waals surface area contributed by atoms with Crippen LogP contribution in [0, 0.1) is 12.8 Å². The Morgan fingerprint density at radius 3 is 2.50 bits per heavy atom. The maximum atomic E-state index is 12.7. The van der Waals surface area contributed by atoms with Gasteiger partial charge in [-0.25, -0.2) is 0 Å². The van der Waals surface area contributed by atoms with Gasteiger partial charge in [0, 0.05) is 12.2 Å². The van der Waals surface area contributed by atoms with Crippen molar-refractivity contribution in [2.75, 3.05) is 11.4 Å². The lowest BCUT2D eigenvalue weighted by atomic mass is 10.0. The summed E-state index contributed by atoms with van der Waals surface area (Å²) >= 11 is 0. The number of rotatable bonds is 4. The molecule has 1 saturated heterocycles. The first-order valence-corrected chi connectivity index (χ1v) is 8.30. The van der Waals surface area contributed by atoms with Gasteiger partial charge in [0.15, 0.2) is 0 Å². The van der Waals surface area contributed by atoms with Crippen molar-refractivity contribution in [2.24, 2.45) is 5.92 Å². The van der Waals surface area contributed by atoms with Crippen LogP contribution in [0.25, 0.3) is 0 Å². The molecule has 0 radical (unpaired) electrons. The predicted molar refractivity (Wildman–Crippen MR) is 94.6 cm³/mol. The minimum absolute atomic E-state index is 0.109. The van der Waals surface area contributed by atoms with Gasteiger partial charge in [-0.1, -0.05) is 48.5 Å². The summed E-state index contributed by atoms with van der Waals surface area (Å²) < 4.78 is 0. The SMILES string of the molecule is Cc1ccccc1N1CC[C@H](C(=O)N[C@H](C)c2ccccc2)C1=O. The average Bonchev–Trinajstić information content (AvgIpc) is 2.97. The highest BCUT2D eigenvalue weighted by Gasteiger charge is 2.38. The Kier molecular flexibility index (Phi) is 4.65. The Balaban J connectivity index is 1.69. The summed E-state index contributed by atoms with van der Waals surface area (Å²) in [6.07, 6.45) is 0.556. The van der Waals surface area contributed by atoms with Crippen LogP contribution in [0.1, 0.15) is 30.5 Å². The normalized spacial score (nSPS) is 18.5. The smallest absolute Gasteiger partial charge is 0.239 e. The summed E-state index contributed by atoms with van der Waals surface area (Å²) in [5, 5.41) is 2.97. The molecule has 1 aliphatic rings. The van der Waals surface area contributed by atoms with E-state index in [9.17, 15) is 9.59 Å². The maximum Gasteiger partial charge on any atom is 0.239 e. The van der Waals surface area contributed by atoms with Gasteiger partial charge in [0.25, 0.3) is 0 Å². The van der Waals surface area contributed by atoms with E-state index in [-0.39, 0.29) is 17.9 Å². The molecule has 1 fully saturated rings. The molecule has 1 heterocycles. The van der Waals surface area contributed by atoms with E-state index in [1.165, 1.54) is 0 Å². The lowest BCUT2D eigenvalue weighted by Gasteiger charge is -2.20. The monoisotopic (exact) mass is 322 g/mol. The summed E-state index contributed by atoms with van der Waals surface area (Å²) in [5.41, 5.74) is 2.98. The van der Waals surface area contributed by atoms with Crippen LogP contribution in [0.4, 0.5) is 5.69 Å². The summed E-state index contributed by atoms with van der Waals surface area (Å²) in [4.78, 5) is 27.0. The predicted octanol–water partition coefficient (Wildman–Crippen LogP) is 3.23. The zero-order chi connectivity index (χ0) is 17.1. The highest BCUT2D eigenvalue weighted by Crippen LogP contribution is 2.28. The molecule has 0 unspecified atom stereocenters. The van der Waals surface area contributed by atoms with Crippen LogP contribution >= 0.6 is 0 Å². The Bertz CT molecular complexity index is 742. The Hall–Kier alpha value is -2.62. The molecule has 0 spiro atoms. The van der Waals surface area contributed by atoms with Gasteiger partial charge in [-0.3, -0.25) is 9.59 Å². The number of nitrogens with one attached hydrogen (secondary N) is 1. The fraction of sp³-hybridized carbons (Fsp3) is 0.300. The van der Waals surface area contributed by atoms with Gasteiger partial charge in [-0.05, 0) is 37.5 Å². The third kappa shape index (κ3) is 3.18. The summed E-state index contributed by atoms with van der Waals surface area (Å²) in [7, 11) is 0. The van der Waals surface area contributed by atoms with E-state index in [0.29, 0.717) is 13.0 Å². The molecule has 4 nitrogen and oxygen atoms in total. The highest BCUT2D eigenvalue weighted by molar-refractivity contribution is 6.10. The molecule has 24 heavy (non-hydrogen) atoms. The van der Waals surface area contributed by atoms with Crippen LogP contribution in [0.2, 0.25) is 0 Å². The Morgan fingerprint density at radius 1 is 1.12 bits per heavy atom. The molecule has 1 aliphatic heterocycles. The van der Waals surface area contributed by atoms with Crippen LogP contribution in [0.15, 0.2) is 54.6 Å². The fourth-order valence-corrected chi connectivity index (χ4v) is 3.17. The van der Waals surface area contributed by atoms with Crippen molar-refractivity contribution < 1.29 is 9.59 Å². The van der Waals surface area contributed by atoms with Gasteiger partial charge in [-0.2, -0.15) is 0 Å². The number of carbonyl (C=O) groups excluding carboxylic acids is 2. The number of hydrogen-bond donors (Lipinski definition) is 1. The molecule has 2 atom stereocenters. The second-order valence-corrected chi connectivity index (χ2v) is 6.26. The Morgan fingerprint density at radius 2 is 1.79 bits per heavy atom. The van der Waals surface area contributed by atoms with E-state index in [2.05, 4.69) is 5.32 Å². The van der Waals surface area contributed by atoms with Gasteiger partial charge in [0.2, 0.25) is 11.8 Å². The number of hydrogen-bond acceptors (Lipinski definition) is 2. The summed E-state index contributed by atoms with van der Waals surface area (Å²) in [5.74, 6) is -0.898. The van der Waals surface area contributed by atoms with Crippen molar-refractivity contribution in [2.45, 2.75) is 26.3 Å². The number of amides is 2. The molecule has 4 heteroatoms. The number of carbonyl (C=O) groups is 2. The molecule has 0 saturated carbocycles. The minimum Gasteiger partial charge on any atom is -0.349 e. The van der Waals surface area contributed by atoms with E-state index < -0.39 is 5.92 Å². The number of para-hydroxylation sites is 1. The molecule has 2 aromatic rings. The lowest BCUT2D eigenvalue weighted by molar-refractivity contribution is -0.132. The van der Waals surface area contributed by atoms with Crippen molar-refractivity contribution in [3.8, 4) is 0 Å². The van der Waals surface area contributed by atoms with Crippen molar-refractivity contribution in [3.63, 3.8) is 0 Å². The number of anilines is 1. The Labute approximate surface area is 142 Å². The van der Waals surface area contributed by atoms with Crippen LogP contribution in [-0.2, 0) is 9.59 Å². The summed E-state index contributed by atoms with van der Waals surface area (Å²) in [6, 6.07) is 17.4. The topological polar surface area (TPSA) is 49.4 Å². The molecular weight excluding hydrogens is 300 g/mol. The number of benzene rings is 2. The van der Waals surface area contributed by atoms with Crippen molar-refractivity contribution in [3.05, 3.63) is 65.7 Å². The van der Waals surface area contributed by atoms with Crippen molar-refractivity contribution in [1.82, 2.24) is 5.32 Å².